The molecule has 0 saturated carbocycles. The molecular formula is C26H30N6O4S. The number of aromatic nitrogens is 2. The van der Waals surface area contributed by atoms with E-state index in [0.717, 1.165) is 41.6 Å². The summed E-state index contributed by atoms with van der Waals surface area (Å²) < 4.78 is 11.2. The second kappa shape index (κ2) is 11.1. The first kappa shape index (κ1) is 25.6. The molecule has 5 rings (SSSR count). The highest BCUT2D eigenvalue weighted by atomic mass is 32.2. The summed E-state index contributed by atoms with van der Waals surface area (Å²) in [5, 5.41) is 12.6. The summed E-state index contributed by atoms with van der Waals surface area (Å²) in [4.78, 5) is 38.7. The molecule has 0 aliphatic carbocycles. The Hall–Kier alpha value is -3.04. The van der Waals surface area contributed by atoms with Crippen molar-refractivity contribution < 1.29 is 19.1 Å². The SMILES string of the molecule is CC1COC(C)N1Cc1cc2c(nc1C=O)N(C(=O)Nc1cc(S[C@H]3CCOC3)c(C#N)cn1)CCC2. The van der Waals surface area contributed by atoms with Gasteiger partial charge in [0.25, 0.3) is 0 Å². The molecule has 3 aliphatic rings. The van der Waals surface area contributed by atoms with E-state index in [4.69, 9.17) is 9.47 Å². The molecule has 5 heterocycles. The van der Waals surface area contributed by atoms with E-state index in [-0.39, 0.29) is 23.6 Å². The van der Waals surface area contributed by atoms with E-state index in [2.05, 4.69) is 33.2 Å². The number of nitriles is 1. The van der Waals surface area contributed by atoms with Crippen LogP contribution in [0.3, 0.4) is 0 Å². The lowest BCUT2D eigenvalue weighted by molar-refractivity contribution is 0.0425. The summed E-state index contributed by atoms with van der Waals surface area (Å²) in [5.41, 5.74) is 2.58. The van der Waals surface area contributed by atoms with Gasteiger partial charge in [-0.15, -0.1) is 11.8 Å². The predicted octanol–water partition coefficient (Wildman–Crippen LogP) is 3.59. The number of carbonyl (C=O) groups excluding carboxylic acids is 2. The number of aryl methyl sites for hydroxylation is 1. The van der Waals surface area contributed by atoms with Gasteiger partial charge in [-0.1, -0.05) is 0 Å². The van der Waals surface area contributed by atoms with Crippen LogP contribution in [0.2, 0.25) is 0 Å². The average Bonchev–Trinajstić information content (AvgIpc) is 3.53. The van der Waals surface area contributed by atoms with Crippen LogP contribution < -0.4 is 10.2 Å². The van der Waals surface area contributed by atoms with E-state index in [1.165, 1.54) is 6.20 Å². The first-order valence-corrected chi connectivity index (χ1v) is 13.4. The molecule has 2 aromatic rings. The monoisotopic (exact) mass is 522 g/mol. The van der Waals surface area contributed by atoms with Crippen LogP contribution in [0, 0.1) is 11.3 Å². The zero-order valence-corrected chi connectivity index (χ0v) is 21.8. The molecule has 11 heteroatoms. The molecular weight excluding hydrogens is 492 g/mol. The number of aldehydes is 1. The van der Waals surface area contributed by atoms with Crippen molar-refractivity contribution in [3.8, 4) is 6.07 Å². The molecule has 37 heavy (non-hydrogen) atoms. The number of hydrogen-bond acceptors (Lipinski definition) is 9. The number of amides is 2. The predicted molar refractivity (Wildman–Crippen MR) is 139 cm³/mol. The van der Waals surface area contributed by atoms with Gasteiger partial charge in [-0.05, 0) is 56.4 Å². The van der Waals surface area contributed by atoms with Crippen molar-refractivity contribution in [1.82, 2.24) is 14.9 Å². The largest absolute Gasteiger partial charge is 0.380 e. The molecule has 2 unspecified atom stereocenters. The van der Waals surface area contributed by atoms with Gasteiger partial charge in [0.2, 0.25) is 0 Å². The highest BCUT2D eigenvalue weighted by molar-refractivity contribution is 8.00. The van der Waals surface area contributed by atoms with Crippen LogP contribution in [0.1, 0.15) is 53.9 Å². The van der Waals surface area contributed by atoms with Crippen LogP contribution in [-0.4, -0.2) is 71.1 Å². The molecule has 2 saturated heterocycles. The maximum atomic E-state index is 13.3. The Labute approximate surface area is 220 Å². The number of thioether (sulfide) groups is 1. The quantitative estimate of drug-likeness (QED) is 0.567. The summed E-state index contributed by atoms with van der Waals surface area (Å²) in [7, 11) is 0. The number of fused-ring (bicyclic) bond motifs is 1. The van der Waals surface area contributed by atoms with Crippen LogP contribution in [0.5, 0.6) is 0 Å². The summed E-state index contributed by atoms with van der Waals surface area (Å²) in [6, 6.07) is 5.79. The van der Waals surface area contributed by atoms with Crippen molar-refractivity contribution >= 4 is 35.7 Å². The number of urea groups is 1. The van der Waals surface area contributed by atoms with Gasteiger partial charge in [-0.3, -0.25) is 19.9 Å². The fourth-order valence-corrected chi connectivity index (χ4v) is 6.09. The Balaban J connectivity index is 1.36. The highest BCUT2D eigenvalue weighted by Gasteiger charge is 2.31. The van der Waals surface area contributed by atoms with Crippen molar-refractivity contribution in [2.45, 2.75) is 62.1 Å². The van der Waals surface area contributed by atoms with Crippen LogP contribution in [-0.2, 0) is 22.4 Å². The van der Waals surface area contributed by atoms with E-state index < -0.39 is 0 Å². The minimum Gasteiger partial charge on any atom is -0.380 e. The molecule has 0 radical (unpaired) electrons. The molecule has 3 aliphatic heterocycles. The standard InChI is InChI=1S/C26H30N6O4S/c1-16-14-36-17(2)32(16)12-19-8-18-4-3-6-31(25(18)29-22(19)13-33)26(34)30-24-9-23(20(10-27)11-28-24)37-21-5-7-35-15-21/h8-9,11,13,16-17,21H,3-7,12,14-15H2,1-2H3,(H,28,30,34)/t16?,17?,21-/m0/s1. The first-order valence-electron chi connectivity index (χ1n) is 12.5. The normalized spacial score (nSPS) is 23.5. The summed E-state index contributed by atoms with van der Waals surface area (Å²) in [5.74, 6) is 0.862. The van der Waals surface area contributed by atoms with Gasteiger partial charge in [-0.25, -0.2) is 14.8 Å². The topological polar surface area (TPSA) is 121 Å². The lowest BCUT2D eigenvalue weighted by Gasteiger charge is -2.30. The van der Waals surface area contributed by atoms with Crippen LogP contribution in [0.4, 0.5) is 16.4 Å². The highest BCUT2D eigenvalue weighted by Crippen LogP contribution is 2.33. The number of rotatable bonds is 6. The Morgan fingerprint density at radius 1 is 1.35 bits per heavy atom. The molecule has 3 atom stereocenters. The molecule has 1 N–H and O–H groups in total. The fraction of sp³-hybridized carbons (Fsp3) is 0.500. The molecule has 0 spiro atoms. The lowest BCUT2D eigenvalue weighted by atomic mass is 10.0. The summed E-state index contributed by atoms with van der Waals surface area (Å²) in [6.45, 7) is 7.15. The fourth-order valence-electron chi connectivity index (χ4n) is 4.94. The Morgan fingerprint density at radius 3 is 2.92 bits per heavy atom. The van der Waals surface area contributed by atoms with Gasteiger partial charge in [0.05, 0.1) is 18.8 Å². The Bertz CT molecular complexity index is 1220. The van der Waals surface area contributed by atoms with Crippen molar-refractivity contribution in [2.24, 2.45) is 0 Å². The summed E-state index contributed by atoms with van der Waals surface area (Å²) in [6.07, 6.45) is 4.68. The number of carbonyl (C=O) groups is 2. The van der Waals surface area contributed by atoms with E-state index in [1.807, 2.05) is 13.0 Å². The van der Waals surface area contributed by atoms with E-state index in [1.54, 1.807) is 22.7 Å². The maximum absolute atomic E-state index is 13.3. The Morgan fingerprint density at radius 2 is 2.22 bits per heavy atom. The third-order valence-electron chi connectivity index (χ3n) is 7.00. The molecule has 0 bridgehead atoms. The van der Waals surface area contributed by atoms with Gasteiger partial charge in [-0.2, -0.15) is 5.26 Å². The number of hydrogen-bond donors (Lipinski definition) is 1. The van der Waals surface area contributed by atoms with Crippen molar-refractivity contribution in [1.29, 1.82) is 5.26 Å². The zero-order chi connectivity index (χ0) is 25.9. The maximum Gasteiger partial charge on any atom is 0.328 e. The number of anilines is 2. The molecule has 2 amide bonds. The third kappa shape index (κ3) is 5.48. The number of pyridine rings is 2. The van der Waals surface area contributed by atoms with Gasteiger partial charge < -0.3 is 9.47 Å². The van der Waals surface area contributed by atoms with Crippen molar-refractivity contribution in [2.75, 3.05) is 36.6 Å². The van der Waals surface area contributed by atoms with Gasteiger partial charge in [0, 0.05) is 42.1 Å². The molecule has 2 fully saturated rings. The number of nitrogens with zero attached hydrogens (tertiary/aromatic N) is 5. The van der Waals surface area contributed by atoms with Gasteiger partial charge >= 0.3 is 6.03 Å². The van der Waals surface area contributed by atoms with Crippen molar-refractivity contribution in [3.05, 3.63) is 40.7 Å². The molecule has 2 aromatic heterocycles. The third-order valence-corrected chi connectivity index (χ3v) is 8.30. The second-order valence-corrected chi connectivity index (χ2v) is 10.9. The summed E-state index contributed by atoms with van der Waals surface area (Å²) >= 11 is 1.57. The Kier molecular flexibility index (Phi) is 7.71. The van der Waals surface area contributed by atoms with E-state index in [9.17, 15) is 14.9 Å². The lowest BCUT2D eigenvalue weighted by Crippen LogP contribution is -2.40. The molecule has 0 aromatic carbocycles. The number of ether oxygens (including phenoxy) is 2. The van der Waals surface area contributed by atoms with E-state index >= 15 is 0 Å². The van der Waals surface area contributed by atoms with Gasteiger partial charge in [0.1, 0.15) is 29.6 Å². The minimum absolute atomic E-state index is 0.0306. The van der Waals surface area contributed by atoms with Gasteiger partial charge in [0.15, 0.2) is 6.29 Å². The second-order valence-electron chi connectivity index (χ2n) is 9.55. The van der Waals surface area contributed by atoms with Crippen LogP contribution in [0.15, 0.2) is 23.2 Å². The van der Waals surface area contributed by atoms with Crippen LogP contribution in [0.25, 0.3) is 0 Å². The van der Waals surface area contributed by atoms with E-state index in [0.29, 0.717) is 55.8 Å². The minimum atomic E-state index is -0.370. The smallest absolute Gasteiger partial charge is 0.328 e. The first-order chi connectivity index (χ1) is 18.0. The average molecular weight is 523 g/mol. The zero-order valence-electron chi connectivity index (χ0n) is 21.0. The van der Waals surface area contributed by atoms with Crippen molar-refractivity contribution in [3.63, 3.8) is 0 Å². The molecule has 10 nitrogen and oxygen atoms in total. The number of nitrogens with one attached hydrogen (secondary N) is 1. The molecule has 194 valence electrons. The van der Waals surface area contributed by atoms with Crippen LogP contribution >= 0.6 is 11.8 Å².